The second kappa shape index (κ2) is 7.57. The second-order valence-electron chi connectivity index (χ2n) is 5.47. The van der Waals surface area contributed by atoms with Gasteiger partial charge in [0.2, 0.25) is 0 Å². The summed E-state index contributed by atoms with van der Waals surface area (Å²) < 4.78 is 11.7. The van der Waals surface area contributed by atoms with E-state index in [1.54, 1.807) is 0 Å². The largest absolute Gasteiger partial charge is 0.524 e. The molecule has 0 aromatic rings. The van der Waals surface area contributed by atoms with Crippen molar-refractivity contribution in [3.8, 4) is 12.3 Å². The maximum Gasteiger partial charge on any atom is 0.392 e. The normalized spacial score (nSPS) is 13.0. The van der Waals surface area contributed by atoms with Gasteiger partial charge in [-0.1, -0.05) is 33.6 Å². The molecule has 98 valence electrons. The van der Waals surface area contributed by atoms with Crippen LogP contribution in [-0.2, 0) is 8.85 Å². The zero-order chi connectivity index (χ0) is 13.5. The lowest BCUT2D eigenvalue weighted by atomic mass is 10.1. The number of rotatable bonds is 7. The molecule has 0 saturated heterocycles. The number of hydrogen-bond acceptors (Lipinski definition) is 2. The van der Waals surface area contributed by atoms with E-state index in [1.165, 1.54) is 0 Å². The van der Waals surface area contributed by atoms with Gasteiger partial charge in [0.15, 0.2) is 0 Å². The van der Waals surface area contributed by atoms with E-state index in [9.17, 15) is 0 Å². The summed E-state index contributed by atoms with van der Waals surface area (Å²) in [5, 5.41) is 0. The Bertz CT molecular complexity index is 285. The molecule has 0 aromatic heterocycles. The Morgan fingerprint density at radius 3 is 2.29 bits per heavy atom. The van der Waals surface area contributed by atoms with Gasteiger partial charge < -0.3 is 8.85 Å². The summed E-state index contributed by atoms with van der Waals surface area (Å²) in [7, 11) is -2.13. The van der Waals surface area contributed by atoms with Crippen LogP contribution in [0, 0.1) is 24.2 Å². The third-order valence-electron chi connectivity index (χ3n) is 2.01. The minimum absolute atomic E-state index is 0.329. The third-order valence-corrected chi connectivity index (χ3v) is 3.60. The Labute approximate surface area is 108 Å². The number of allylic oxidation sites excluding steroid dienone is 2. The van der Waals surface area contributed by atoms with E-state index in [0.717, 1.165) is 12.2 Å². The zero-order valence-electron chi connectivity index (χ0n) is 12.0. The van der Waals surface area contributed by atoms with Crippen LogP contribution in [0.5, 0.6) is 0 Å². The van der Waals surface area contributed by atoms with Crippen LogP contribution in [-0.4, -0.2) is 15.2 Å². The Morgan fingerprint density at radius 1 is 1.29 bits per heavy atom. The highest BCUT2D eigenvalue weighted by Crippen LogP contribution is 2.20. The van der Waals surface area contributed by atoms with E-state index >= 15 is 0 Å². The molecule has 0 aliphatic carbocycles. The highest BCUT2D eigenvalue weighted by atomic mass is 28.4. The molecule has 0 radical (unpaired) electrons. The lowest BCUT2D eigenvalue weighted by Gasteiger charge is -2.26. The van der Waals surface area contributed by atoms with E-state index in [0.29, 0.717) is 18.4 Å². The number of terminal acetylenes is 1. The van der Waals surface area contributed by atoms with Crippen molar-refractivity contribution in [2.24, 2.45) is 11.8 Å². The first kappa shape index (κ1) is 16.3. The lowest BCUT2D eigenvalue weighted by molar-refractivity contribution is 0.232. The monoisotopic (exact) mass is 254 g/mol. The van der Waals surface area contributed by atoms with E-state index in [-0.39, 0.29) is 0 Å². The Kier molecular flexibility index (Phi) is 7.25. The van der Waals surface area contributed by atoms with Crippen LogP contribution >= 0.6 is 0 Å². The van der Waals surface area contributed by atoms with Crippen molar-refractivity contribution >= 4 is 8.56 Å². The van der Waals surface area contributed by atoms with Crippen molar-refractivity contribution in [1.82, 2.24) is 0 Å². The second-order valence-corrected chi connectivity index (χ2v) is 8.76. The summed E-state index contributed by atoms with van der Waals surface area (Å²) in [5.41, 5.74) is 0. The highest BCUT2D eigenvalue weighted by Gasteiger charge is 2.27. The maximum absolute atomic E-state index is 6.04. The van der Waals surface area contributed by atoms with Crippen molar-refractivity contribution in [1.29, 1.82) is 0 Å². The lowest BCUT2D eigenvalue weighted by Crippen LogP contribution is -2.35. The molecule has 0 atom stereocenters. The van der Waals surface area contributed by atoms with Crippen LogP contribution in [0.4, 0.5) is 0 Å². The molecule has 17 heavy (non-hydrogen) atoms. The van der Waals surface area contributed by atoms with Gasteiger partial charge in [-0.3, -0.25) is 0 Å². The molecule has 0 fully saturated rings. The molecule has 0 aromatic carbocycles. The van der Waals surface area contributed by atoms with Crippen LogP contribution in [0.15, 0.2) is 11.8 Å². The first-order chi connectivity index (χ1) is 7.76. The van der Waals surface area contributed by atoms with Crippen LogP contribution < -0.4 is 0 Å². The van der Waals surface area contributed by atoms with E-state index < -0.39 is 8.56 Å². The fourth-order valence-corrected chi connectivity index (χ4v) is 2.75. The molecule has 0 saturated carbocycles. The summed E-state index contributed by atoms with van der Waals surface area (Å²) in [6.07, 6.45) is 8.33. The van der Waals surface area contributed by atoms with Gasteiger partial charge in [-0.05, 0) is 31.0 Å². The van der Waals surface area contributed by atoms with Crippen LogP contribution in [0.3, 0.4) is 0 Å². The smallest absolute Gasteiger partial charge is 0.392 e. The van der Waals surface area contributed by atoms with Gasteiger partial charge in [-0.25, -0.2) is 0 Å². The average molecular weight is 254 g/mol. The number of hydrogen-bond donors (Lipinski definition) is 0. The maximum atomic E-state index is 6.04. The van der Waals surface area contributed by atoms with E-state index in [4.69, 9.17) is 15.3 Å². The Morgan fingerprint density at radius 2 is 1.88 bits per heavy atom. The van der Waals surface area contributed by atoms with E-state index in [1.807, 2.05) is 13.1 Å². The molecule has 0 amide bonds. The molecule has 0 heterocycles. The fourth-order valence-electron chi connectivity index (χ4n) is 1.48. The van der Waals surface area contributed by atoms with Gasteiger partial charge in [0.05, 0.1) is 12.4 Å². The third kappa shape index (κ3) is 9.02. The topological polar surface area (TPSA) is 18.5 Å². The highest BCUT2D eigenvalue weighted by molar-refractivity contribution is 6.64. The van der Waals surface area contributed by atoms with Gasteiger partial charge in [-0.2, -0.15) is 0 Å². The van der Waals surface area contributed by atoms with Crippen LogP contribution in [0.1, 0.15) is 34.1 Å². The summed E-state index contributed by atoms with van der Waals surface area (Å²) >= 11 is 0. The summed E-state index contributed by atoms with van der Waals surface area (Å²) in [6, 6.07) is 0. The minimum atomic E-state index is -2.13. The molecular formula is C14H26O2Si. The SMILES string of the molecule is C#CCO[Si](C)(C)O/C(=C\C(C)C)CC(C)C. The van der Waals surface area contributed by atoms with E-state index in [2.05, 4.69) is 39.7 Å². The fraction of sp³-hybridized carbons (Fsp3) is 0.714. The standard InChI is InChI=1S/C14H26O2Si/c1-8-9-15-17(6,7)16-14(10-12(2)3)11-13(4)5/h1,10,12-13H,9,11H2,2-7H3/b14-10-. The molecule has 0 N–H and O–H groups in total. The molecule has 0 bridgehead atoms. The van der Waals surface area contributed by atoms with Gasteiger partial charge in [0.1, 0.15) is 0 Å². The van der Waals surface area contributed by atoms with Crippen molar-refractivity contribution in [3.05, 3.63) is 11.8 Å². The first-order valence-electron chi connectivity index (χ1n) is 6.24. The molecule has 3 heteroatoms. The van der Waals surface area contributed by atoms with Gasteiger partial charge in [-0.15, -0.1) is 6.42 Å². The van der Waals surface area contributed by atoms with Crippen LogP contribution in [0.25, 0.3) is 0 Å². The van der Waals surface area contributed by atoms with Gasteiger partial charge in [0.25, 0.3) is 0 Å². The molecular weight excluding hydrogens is 228 g/mol. The summed E-state index contributed by atoms with van der Waals surface area (Å²) in [4.78, 5) is 0. The van der Waals surface area contributed by atoms with Crippen molar-refractivity contribution in [3.63, 3.8) is 0 Å². The molecule has 2 nitrogen and oxygen atoms in total. The van der Waals surface area contributed by atoms with Crippen LogP contribution in [0.2, 0.25) is 13.1 Å². The Hall–Kier alpha value is -0.723. The summed E-state index contributed by atoms with van der Waals surface area (Å²) in [5.74, 6) is 4.60. The minimum Gasteiger partial charge on any atom is -0.524 e. The molecule has 0 rings (SSSR count). The molecule has 0 aliphatic rings. The molecule has 0 aliphatic heterocycles. The first-order valence-corrected chi connectivity index (χ1v) is 9.05. The van der Waals surface area contributed by atoms with Crippen molar-refractivity contribution in [2.75, 3.05) is 6.61 Å². The summed E-state index contributed by atoms with van der Waals surface area (Å²) in [6.45, 7) is 13.1. The predicted molar refractivity (Wildman–Crippen MR) is 75.7 cm³/mol. The van der Waals surface area contributed by atoms with Crippen molar-refractivity contribution < 1.29 is 8.85 Å². The predicted octanol–water partition coefficient (Wildman–Crippen LogP) is 3.94. The zero-order valence-corrected chi connectivity index (χ0v) is 13.0. The average Bonchev–Trinajstić information content (AvgIpc) is 2.11. The Balaban J connectivity index is 4.57. The van der Waals surface area contributed by atoms with Crippen molar-refractivity contribution in [2.45, 2.75) is 47.2 Å². The van der Waals surface area contributed by atoms with Gasteiger partial charge >= 0.3 is 8.56 Å². The molecule has 0 spiro atoms. The quantitative estimate of drug-likeness (QED) is 0.389. The van der Waals surface area contributed by atoms with Gasteiger partial charge in [0, 0.05) is 6.42 Å². The molecule has 0 unspecified atom stereocenters.